The van der Waals surface area contributed by atoms with Crippen molar-refractivity contribution in [1.82, 2.24) is 25.1 Å². The Balaban J connectivity index is 1.48. The number of aromatic nitrogens is 4. The van der Waals surface area contributed by atoms with Crippen molar-refractivity contribution in [1.29, 1.82) is 0 Å². The molecule has 4 rings (SSSR count). The molecule has 2 heterocycles. The number of nitrogens with one attached hydrogen (secondary N) is 2. The fraction of sp³-hybridized carbons (Fsp3) is 0.143. The van der Waals surface area contributed by atoms with Crippen LogP contribution in [0.25, 0.3) is 16.8 Å². The summed E-state index contributed by atoms with van der Waals surface area (Å²) in [5.74, 6) is -0.316. The third-order valence-corrected chi connectivity index (χ3v) is 4.83. The summed E-state index contributed by atoms with van der Waals surface area (Å²) in [6.45, 7) is 0.451. The molecule has 152 valence electrons. The third kappa shape index (κ3) is 4.38. The van der Waals surface area contributed by atoms with E-state index < -0.39 is 5.56 Å². The minimum absolute atomic E-state index is 0.0571. The zero-order valence-electron chi connectivity index (χ0n) is 15.7. The van der Waals surface area contributed by atoms with Crippen LogP contribution < -0.4 is 10.9 Å². The summed E-state index contributed by atoms with van der Waals surface area (Å²) in [7, 11) is 0. The molecule has 0 radical (unpaired) electrons. The molecule has 0 fully saturated rings. The van der Waals surface area contributed by atoms with Crippen molar-refractivity contribution in [2.24, 2.45) is 0 Å². The lowest BCUT2D eigenvalue weighted by Gasteiger charge is -2.06. The van der Waals surface area contributed by atoms with Gasteiger partial charge in [-0.05, 0) is 54.4 Å². The molecule has 0 aliphatic carbocycles. The topological polar surface area (TPSA) is 92.2 Å². The molecule has 7 nitrogen and oxygen atoms in total. The van der Waals surface area contributed by atoms with E-state index in [1.807, 2.05) is 12.1 Å². The predicted octanol–water partition coefficient (Wildman–Crippen LogP) is 2.78. The first kappa shape index (κ1) is 19.8. The fourth-order valence-electron chi connectivity index (χ4n) is 3.04. The molecule has 0 saturated heterocycles. The first-order valence-corrected chi connectivity index (χ1v) is 9.62. The molecule has 2 aromatic carbocycles. The van der Waals surface area contributed by atoms with Crippen molar-refractivity contribution >= 4 is 23.0 Å². The smallest absolute Gasteiger partial charge is 0.290 e. The van der Waals surface area contributed by atoms with Crippen LogP contribution in [0, 0.1) is 5.82 Å². The van der Waals surface area contributed by atoms with Crippen LogP contribution in [0.4, 0.5) is 4.39 Å². The Labute approximate surface area is 175 Å². The van der Waals surface area contributed by atoms with Gasteiger partial charge in [0.25, 0.3) is 5.56 Å². The Morgan fingerprint density at radius 2 is 1.87 bits per heavy atom. The van der Waals surface area contributed by atoms with E-state index in [0.29, 0.717) is 35.1 Å². The number of hydrogen-bond acceptors (Lipinski definition) is 4. The van der Waals surface area contributed by atoms with Crippen molar-refractivity contribution in [2.75, 3.05) is 6.54 Å². The number of carbonyl (C=O) groups excluding carboxylic acids is 1. The monoisotopic (exact) mass is 425 g/mol. The van der Waals surface area contributed by atoms with Crippen LogP contribution in [0.1, 0.15) is 11.4 Å². The summed E-state index contributed by atoms with van der Waals surface area (Å²) < 4.78 is 14.5. The number of aromatic amines is 1. The van der Waals surface area contributed by atoms with E-state index in [2.05, 4.69) is 20.6 Å². The van der Waals surface area contributed by atoms with Crippen molar-refractivity contribution in [2.45, 2.75) is 12.8 Å². The maximum absolute atomic E-state index is 13.2. The van der Waals surface area contributed by atoms with E-state index in [-0.39, 0.29) is 23.7 Å². The maximum atomic E-state index is 13.2. The van der Waals surface area contributed by atoms with Crippen LogP contribution in [0.2, 0.25) is 5.02 Å². The molecule has 1 amide bonds. The lowest BCUT2D eigenvalue weighted by atomic mass is 10.1. The van der Waals surface area contributed by atoms with E-state index in [9.17, 15) is 14.0 Å². The number of hydrogen-bond donors (Lipinski definition) is 2. The highest BCUT2D eigenvalue weighted by atomic mass is 35.5. The zero-order chi connectivity index (χ0) is 21.1. The second-order valence-electron chi connectivity index (χ2n) is 6.71. The fourth-order valence-corrected chi connectivity index (χ4v) is 3.17. The summed E-state index contributed by atoms with van der Waals surface area (Å²) in [6.07, 6.45) is 0.603. The molecule has 0 unspecified atom stereocenters. The Bertz CT molecular complexity index is 1250. The van der Waals surface area contributed by atoms with Crippen molar-refractivity contribution in [3.63, 3.8) is 0 Å². The summed E-state index contributed by atoms with van der Waals surface area (Å²) in [6, 6.07) is 14.8. The Kier molecular flexibility index (Phi) is 5.58. The second-order valence-corrected chi connectivity index (χ2v) is 7.14. The van der Waals surface area contributed by atoms with Crippen molar-refractivity contribution in [3.05, 3.63) is 87.2 Å². The number of halogens is 2. The van der Waals surface area contributed by atoms with Gasteiger partial charge < -0.3 is 5.32 Å². The average molecular weight is 426 g/mol. The minimum Gasteiger partial charge on any atom is -0.355 e. The minimum atomic E-state index is -0.428. The Morgan fingerprint density at radius 3 is 2.60 bits per heavy atom. The average Bonchev–Trinajstić information content (AvgIpc) is 3.19. The number of amides is 1. The van der Waals surface area contributed by atoms with Gasteiger partial charge in [0.05, 0.1) is 12.1 Å². The zero-order valence-corrected chi connectivity index (χ0v) is 16.5. The molecule has 0 saturated carbocycles. The first-order chi connectivity index (χ1) is 14.5. The van der Waals surface area contributed by atoms with Gasteiger partial charge >= 0.3 is 0 Å². The highest BCUT2D eigenvalue weighted by Gasteiger charge is 2.14. The molecule has 0 atom stereocenters. The van der Waals surface area contributed by atoms with E-state index in [1.165, 1.54) is 16.6 Å². The molecule has 9 heteroatoms. The van der Waals surface area contributed by atoms with E-state index in [1.54, 1.807) is 30.3 Å². The maximum Gasteiger partial charge on any atom is 0.290 e. The molecular formula is C21H17ClFN5O2. The number of carbonyl (C=O) groups is 1. The van der Waals surface area contributed by atoms with Gasteiger partial charge in [-0.15, -0.1) is 0 Å². The van der Waals surface area contributed by atoms with Crippen molar-refractivity contribution in [3.8, 4) is 11.3 Å². The number of nitrogens with zero attached hydrogens (tertiary/aromatic N) is 3. The van der Waals surface area contributed by atoms with Gasteiger partial charge in [0.1, 0.15) is 11.3 Å². The van der Waals surface area contributed by atoms with Crippen LogP contribution >= 0.6 is 11.6 Å². The SMILES string of the molecule is O=C(Cc1n[nH]c(=O)c2cc(-c3ccc(F)cc3)nn12)NCCc1ccc(Cl)cc1. The third-order valence-electron chi connectivity index (χ3n) is 4.58. The molecule has 4 aromatic rings. The molecular weight excluding hydrogens is 409 g/mol. The quantitative estimate of drug-likeness (QED) is 0.497. The summed E-state index contributed by atoms with van der Waals surface area (Å²) >= 11 is 5.87. The van der Waals surface area contributed by atoms with Gasteiger partial charge in [0.15, 0.2) is 5.82 Å². The number of H-pyrrole nitrogens is 1. The molecule has 2 N–H and O–H groups in total. The largest absolute Gasteiger partial charge is 0.355 e. The van der Waals surface area contributed by atoms with Gasteiger partial charge in [0, 0.05) is 17.1 Å². The Hall–Kier alpha value is -3.52. The normalized spacial score (nSPS) is 11.0. The summed E-state index contributed by atoms with van der Waals surface area (Å²) in [5.41, 5.74) is 2.02. The van der Waals surface area contributed by atoms with E-state index in [0.717, 1.165) is 5.56 Å². The number of benzene rings is 2. The lowest BCUT2D eigenvalue weighted by molar-refractivity contribution is -0.120. The standard InChI is InChI=1S/C21H17ClFN5O2/c22-15-5-1-13(2-6-15)9-10-24-20(29)12-19-25-26-21(30)18-11-17(27-28(18)19)14-3-7-16(23)8-4-14/h1-8,11H,9-10,12H2,(H,24,29)(H,26,30). The van der Waals surface area contributed by atoms with Crippen LogP contribution in [-0.4, -0.2) is 32.3 Å². The molecule has 2 aromatic heterocycles. The van der Waals surface area contributed by atoms with Gasteiger partial charge in [0.2, 0.25) is 5.91 Å². The summed E-state index contributed by atoms with van der Waals surface area (Å²) in [5, 5.41) is 14.2. The van der Waals surface area contributed by atoms with E-state index in [4.69, 9.17) is 11.6 Å². The molecule has 0 spiro atoms. The molecule has 30 heavy (non-hydrogen) atoms. The number of fused-ring (bicyclic) bond motifs is 1. The van der Waals surface area contributed by atoms with E-state index >= 15 is 0 Å². The Morgan fingerprint density at radius 1 is 1.13 bits per heavy atom. The summed E-state index contributed by atoms with van der Waals surface area (Å²) in [4.78, 5) is 24.5. The van der Waals surface area contributed by atoms with Crippen LogP contribution in [0.3, 0.4) is 0 Å². The molecule has 0 aliphatic rings. The number of rotatable bonds is 6. The molecule has 0 aliphatic heterocycles. The van der Waals surface area contributed by atoms with Gasteiger partial charge in [-0.2, -0.15) is 10.2 Å². The highest BCUT2D eigenvalue weighted by molar-refractivity contribution is 6.30. The van der Waals surface area contributed by atoms with Crippen LogP contribution in [0.5, 0.6) is 0 Å². The highest BCUT2D eigenvalue weighted by Crippen LogP contribution is 2.19. The van der Waals surface area contributed by atoms with Gasteiger partial charge in [-0.25, -0.2) is 14.0 Å². The lowest BCUT2D eigenvalue weighted by Crippen LogP contribution is -2.29. The van der Waals surface area contributed by atoms with Crippen LogP contribution in [-0.2, 0) is 17.6 Å². The van der Waals surface area contributed by atoms with Crippen molar-refractivity contribution < 1.29 is 9.18 Å². The van der Waals surface area contributed by atoms with Gasteiger partial charge in [-0.3, -0.25) is 9.59 Å². The van der Waals surface area contributed by atoms with Gasteiger partial charge in [-0.1, -0.05) is 23.7 Å². The molecule has 0 bridgehead atoms. The first-order valence-electron chi connectivity index (χ1n) is 9.24. The second kappa shape index (κ2) is 8.46. The van der Waals surface area contributed by atoms with Crippen LogP contribution in [0.15, 0.2) is 59.4 Å². The predicted molar refractivity (Wildman–Crippen MR) is 111 cm³/mol.